The van der Waals surface area contributed by atoms with Gasteiger partial charge in [0.2, 0.25) is 0 Å². The van der Waals surface area contributed by atoms with Crippen molar-refractivity contribution in [3.05, 3.63) is 71.8 Å². The summed E-state index contributed by atoms with van der Waals surface area (Å²) in [6, 6.07) is 19.9. The zero-order chi connectivity index (χ0) is 19.9. The van der Waals surface area contributed by atoms with Crippen molar-refractivity contribution in [2.24, 2.45) is 0 Å². The van der Waals surface area contributed by atoms with Gasteiger partial charge in [-0.25, -0.2) is 0 Å². The fraction of sp³-hybridized carbons (Fsp3) is 0.435. The van der Waals surface area contributed by atoms with Gasteiger partial charge >= 0.3 is 5.97 Å². The molecule has 1 fully saturated rings. The van der Waals surface area contributed by atoms with Gasteiger partial charge in [-0.3, -0.25) is 4.79 Å². The molecule has 150 valence electrons. The van der Waals surface area contributed by atoms with Crippen LogP contribution in [0.15, 0.2) is 60.7 Å². The van der Waals surface area contributed by atoms with E-state index in [1.165, 1.54) is 6.92 Å². The lowest BCUT2D eigenvalue weighted by atomic mass is 9.95. The topological polar surface area (TPSA) is 54.0 Å². The average molecular weight is 384 g/mol. The lowest BCUT2D eigenvalue weighted by Gasteiger charge is -2.44. The summed E-state index contributed by atoms with van der Waals surface area (Å²) < 4.78 is 24.0. The SMILES string of the molecule is CC(=O)OC1[C@H](C)OC(C)[C@@H](OCc2ccccc2)[C@@H]1OCc1ccccc1. The molecule has 1 aliphatic heterocycles. The molecule has 1 aliphatic rings. The van der Waals surface area contributed by atoms with Crippen LogP contribution in [-0.4, -0.2) is 36.5 Å². The fourth-order valence-corrected chi connectivity index (χ4v) is 3.52. The highest BCUT2D eigenvalue weighted by Crippen LogP contribution is 2.29. The maximum atomic E-state index is 11.7. The summed E-state index contributed by atoms with van der Waals surface area (Å²) in [6.45, 7) is 6.11. The van der Waals surface area contributed by atoms with Crippen molar-refractivity contribution in [2.45, 2.75) is 64.5 Å². The maximum Gasteiger partial charge on any atom is 0.303 e. The van der Waals surface area contributed by atoms with E-state index in [4.69, 9.17) is 18.9 Å². The van der Waals surface area contributed by atoms with E-state index in [1.807, 2.05) is 74.5 Å². The number of rotatable bonds is 7. The highest BCUT2D eigenvalue weighted by atomic mass is 16.6. The number of carbonyl (C=O) groups is 1. The Morgan fingerprint density at radius 2 is 1.25 bits per heavy atom. The Morgan fingerprint density at radius 3 is 1.75 bits per heavy atom. The van der Waals surface area contributed by atoms with Crippen LogP contribution in [0, 0.1) is 0 Å². The molecule has 1 heterocycles. The summed E-state index contributed by atoms with van der Waals surface area (Å²) in [5, 5.41) is 0. The monoisotopic (exact) mass is 384 g/mol. The first-order valence-corrected chi connectivity index (χ1v) is 9.68. The zero-order valence-corrected chi connectivity index (χ0v) is 16.6. The highest BCUT2D eigenvalue weighted by molar-refractivity contribution is 5.66. The van der Waals surface area contributed by atoms with Crippen molar-refractivity contribution >= 4 is 5.97 Å². The third kappa shape index (κ3) is 5.41. The van der Waals surface area contributed by atoms with Gasteiger partial charge in [-0.15, -0.1) is 0 Å². The average Bonchev–Trinajstić information content (AvgIpc) is 2.69. The molecule has 2 aromatic rings. The Morgan fingerprint density at radius 1 is 0.786 bits per heavy atom. The van der Waals surface area contributed by atoms with Crippen molar-refractivity contribution < 1.29 is 23.7 Å². The van der Waals surface area contributed by atoms with E-state index in [-0.39, 0.29) is 24.3 Å². The summed E-state index contributed by atoms with van der Waals surface area (Å²) in [4.78, 5) is 11.7. The van der Waals surface area contributed by atoms with Gasteiger partial charge < -0.3 is 18.9 Å². The minimum Gasteiger partial charge on any atom is -0.457 e. The number of esters is 1. The zero-order valence-electron chi connectivity index (χ0n) is 16.6. The molecule has 2 aromatic carbocycles. The van der Waals surface area contributed by atoms with E-state index in [1.54, 1.807) is 0 Å². The van der Waals surface area contributed by atoms with Gasteiger partial charge in [0.05, 0.1) is 25.4 Å². The van der Waals surface area contributed by atoms with Crippen molar-refractivity contribution in [1.29, 1.82) is 0 Å². The molecular formula is C23H28O5. The first-order chi connectivity index (χ1) is 13.5. The van der Waals surface area contributed by atoms with Crippen LogP contribution in [0.4, 0.5) is 0 Å². The summed E-state index contributed by atoms with van der Waals surface area (Å²) in [7, 11) is 0. The largest absolute Gasteiger partial charge is 0.457 e. The van der Waals surface area contributed by atoms with Crippen LogP contribution in [0.1, 0.15) is 31.9 Å². The molecule has 5 nitrogen and oxygen atoms in total. The minimum absolute atomic E-state index is 0.189. The van der Waals surface area contributed by atoms with E-state index >= 15 is 0 Å². The summed E-state index contributed by atoms with van der Waals surface area (Å²) in [6.07, 6.45) is -1.78. The van der Waals surface area contributed by atoms with Crippen LogP contribution < -0.4 is 0 Å². The number of hydrogen-bond donors (Lipinski definition) is 0. The Labute approximate surface area is 166 Å². The number of carbonyl (C=O) groups excluding carboxylic acids is 1. The molecule has 5 heteroatoms. The third-order valence-electron chi connectivity index (χ3n) is 4.87. The standard InChI is InChI=1S/C23H28O5/c1-16-21(25-14-19-10-6-4-7-11-19)23(22(17(2)27-16)28-18(3)24)26-15-20-12-8-5-9-13-20/h4-13,16-17,21-23H,14-15H2,1-3H3/t16?,17-,21+,22?,23-/m0/s1. The van der Waals surface area contributed by atoms with E-state index in [9.17, 15) is 4.79 Å². The Balaban J connectivity index is 1.76. The molecule has 2 unspecified atom stereocenters. The normalized spacial score (nSPS) is 27.3. The Bertz CT molecular complexity index is 733. The summed E-state index contributed by atoms with van der Waals surface area (Å²) in [5.41, 5.74) is 2.12. The molecule has 0 bridgehead atoms. The number of ether oxygens (including phenoxy) is 4. The lowest BCUT2D eigenvalue weighted by Crippen LogP contribution is -2.58. The molecule has 0 radical (unpaired) electrons. The van der Waals surface area contributed by atoms with Gasteiger partial charge in [0, 0.05) is 6.92 Å². The van der Waals surface area contributed by atoms with Crippen molar-refractivity contribution in [1.82, 2.24) is 0 Å². The Hall–Kier alpha value is -2.21. The summed E-state index contributed by atoms with van der Waals surface area (Å²) >= 11 is 0. The van der Waals surface area contributed by atoms with Crippen LogP contribution in [-0.2, 0) is 37.0 Å². The highest BCUT2D eigenvalue weighted by Gasteiger charge is 2.46. The Kier molecular flexibility index (Phi) is 7.20. The van der Waals surface area contributed by atoms with Crippen molar-refractivity contribution in [3.63, 3.8) is 0 Å². The van der Waals surface area contributed by atoms with Gasteiger partial charge in [0.25, 0.3) is 0 Å². The maximum absolute atomic E-state index is 11.7. The quantitative estimate of drug-likeness (QED) is 0.678. The summed E-state index contributed by atoms with van der Waals surface area (Å²) in [5.74, 6) is -0.356. The van der Waals surface area contributed by atoms with Gasteiger partial charge in [-0.1, -0.05) is 60.7 Å². The van der Waals surface area contributed by atoms with Gasteiger partial charge in [0.1, 0.15) is 12.2 Å². The first-order valence-electron chi connectivity index (χ1n) is 9.68. The van der Waals surface area contributed by atoms with Crippen LogP contribution in [0.2, 0.25) is 0 Å². The van der Waals surface area contributed by atoms with Crippen molar-refractivity contribution in [2.75, 3.05) is 0 Å². The molecule has 0 saturated carbocycles. The fourth-order valence-electron chi connectivity index (χ4n) is 3.52. The van der Waals surface area contributed by atoms with Crippen LogP contribution in [0.25, 0.3) is 0 Å². The molecule has 28 heavy (non-hydrogen) atoms. The molecule has 1 saturated heterocycles. The van der Waals surface area contributed by atoms with Crippen LogP contribution in [0.3, 0.4) is 0 Å². The van der Waals surface area contributed by atoms with E-state index in [0.29, 0.717) is 13.2 Å². The second-order valence-corrected chi connectivity index (χ2v) is 7.14. The minimum atomic E-state index is -0.529. The predicted octanol–water partition coefficient (Wildman–Crippen LogP) is 3.90. The third-order valence-corrected chi connectivity index (χ3v) is 4.87. The van der Waals surface area contributed by atoms with Gasteiger partial charge in [-0.2, -0.15) is 0 Å². The second-order valence-electron chi connectivity index (χ2n) is 7.14. The number of hydrogen-bond acceptors (Lipinski definition) is 5. The van der Waals surface area contributed by atoms with Crippen LogP contribution in [0.5, 0.6) is 0 Å². The molecule has 0 amide bonds. The van der Waals surface area contributed by atoms with E-state index in [0.717, 1.165) is 11.1 Å². The smallest absolute Gasteiger partial charge is 0.303 e. The van der Waals surface area contributed by atoms with E-state index in [2.05, 4.69) is 0 Å². The second kappa shape index (κ2) is 9.82. The first kappa shape index (κ1) is 20.5. The van der Waals surface area contributed by atoms with Crippen LogP contribution >= 0.6 is 0 Å². The van der Waals surface area contributed by atoms with Gasteiger partial charge in [0.15, 0.2) is 6.10 Å². The molecule has 0 aliphatic carbocycles. The predicted molar refractivity (Wildman–Crippen MR) is 106 cm³/mol. The van der Waals surface area contributed by atoms with Gasteiger partial charge in [-0.05, 0) is 25.0 Å². The number of benzene rings is 2. The molecule has 5 atom stereocenters. The molecule has 0 N–H and O–H groups in total. The molecule has 0 aromatic heterocycles. The molecule has 0 spiro atoms. The van der Waals surface area contributed by atoms with Crippen molar-refractivity contribution in [3.8, 4) is 0 Å². The molecular weight excluding hydrogens is 356 g/mol. The lowest BCUT2D eigenvalue weighted by molar-refractivity contribution is -0.251. The molecule has 3 rings (SSSR count). The van der Waals surface area contributed by atoms with E-state index < -0.39 is 12.2 Å².